The number of aliphatic carboxylic acids is 1. The second-order valence-corrected chi connectivity index (χ2v) is 16.2. The number of carboxylic acids is 1. The predicted octanol–water partition coefficient (Wildman–Crippen LogP) is 1.86. The number of phenols is 2. The van der Waals surface area contributed by atoms with Crippen LogP contribution in [0.25, 0.3) is 22.3 Å². The number of rotatable bonds is 15. The first-order valence-corrected chi connectivity index (χ1v) is 22.0. The Bertz CT molecular complexity index is 2470. The summed E-state index contributed by atoms with van der Waals surface area (Å²) in [5, 5.41) is 41.4. The van der Waals surface area contributed by atoms with E-state index < -0.39 is 65.9 Å². The van der Waals surface area contributed by atoms with Crippen molar-refractivity contribution in [2.24, 2.45) is 5.90 Å². The molecule has 0 aliphatic carbocycles. The van der Waals surface area contributed by atoms with Crippen molar-refractivity contribution in [1.29, 1.82) is 0 Å². The van der Waals surface area contributed by atoms with E-state index in [0.29, 0.717) is 30.5 Å². The molecule has 1 heterocycles. The Kier molecular flexibility index (Phi) is 19.6. The first-order valence-electron chi connectivity index (χ1n) is 22.0. The van der Waals surface area contributed by atoms with Crippen molar-refractivity contribution in [2.45, 2.75) is 89.1 Å². The number of nitrogens with one attached hydrogen (secondary N) is 4. The molecule has 1 unspecified atom stereocenters. The van der Waals surface area contributed by atoms with Gasteiger partial charge in [0.05, 0.1) is 6.54 Å². The Hall–Kier alpha value is -7.52. The Morgan fingerprint density at radius 2 is 1.49 bits per heavy atom. The highest BCUT2D eigenvalue weighted by atomic mass is 19.4. The topological polar surface area (TPSA) is 297 Å². The molecule has 1 aliphatic heterocycles. The van der Waals surface area contributed by atoms with Crippen molar-refractivity contribution < 1.29 is 72.6 Å². The monoisotopic (exact) mass is 963 g/mol. The molecule has 0 radical (unpaired) electrons. The predicted molar refractivity (Wildman–Crippen MR) is 242 cm³/mol. The quantitative estimate of drug-likeness (QED) is 0.0626. The van der Waals surface area contributed by atoms with Gasteiger partial charge in [0, 0.05) is 43.1 Å². The molecule has 0 saturated carbocycles. The van der Waals surface area contributed by atoms with Gasteiger partial charge in [-0.3, -0.25) is 24.0 Å². The maximum absolute atomic E-state index is 14.4. The van der Waals surface area contributed by atoms with Crippen LogP contribution in [0.2, 0.25) is 0 Å². The van der Waals surface area contributed by atoms with Crippen molar-refractivity contribution in [3.63, 3.8) is 0 Å². The number of carbonyl (C=O) groups excluding carboxylic acids is 7. The summed E-state index contributed by atoms with van der Waals surface area (Å²) in [7, 11) is 1.38. The van der Waals surface area contributed by atoms with Crippen LogP contribution in [-0.2, 0) is 46.4 Å². The van der Waals surface area contributed by atoms with Crippen LogP contribution in [0.1, 0.15) is 79.0 Å². The molecule has 69 heavy (non-hydrogen) atoms. The average Bonchev–Trinajstić information content (AvgIpc) is 3.31. The van der Waals surface area contributed by atoms with E-state index in [2.05, 4.69) is 63.0 Å². The highest BCUT2D eigenvalue weighted by Crippen LogP contribution is 2.39. The molecule has 0 spiro atoms. The maximum Gasteiger partial charge on any atom is 0.430 e. The molecular formula is C48H56F3N7O11. The minimum Gasteiger partial charge on any atom is -0.542 e. The summed E-state index contributed by atoms with van der Waals surface area (Å²) in [6.45, 7) is 4.10. The Morgan fingerprint density at radius 3 is 2.07 bits per heavy atom. The van der Waals surface area contributed by atoms with Gasteiger partial charge in [0.1, 0.15) is 41.6 Å². The first kappa shape index (κ1) is 54.1. The Labute approximate surface area is 395 Å². The van der Waals surface area contributed by atoms with Crippen LogP contribution in [0, 0.1) is 0 Å². The van der Waals surface area contributed by atoms with E-state index in [-0.39, 0.29) is 59.9 Å². The zero-order valence-electron chi connectivity index (χ0n) is 38.2. The number of phenolic OH excluding ortho intramolecular Hbond substituents is 2. The van der Waals surface area contributed by atoms with Gasteiger partial charge >= 0.3 is 12.1 Å². The van der Waals surface area contributed by atoms with E-state index in [4.69, 9.17) is 15.8 Å². The van der Waals surface area contributed by atoms with Crippen LogP contribution in [0.3, 0.4) is 0 Å². The number of alkyl halides is 3. The third kappa shape index (κ3) is 15.2. The second-order valence-electron chi connectivity index (χ2n) is 16.2. The minimum atomic E-state index is -5.19. The van der Waals surface area contributed by atoms with Gasteiger partial charge in [-0.1, -0.05) is 61.9 Å². The summed E-state index contributed by atoms with van der Waals surface area (Å²) in [6, 6.07) is 19.1. The molecule has 0 saturated heterocycles. The fraction of sp³-hybridized carbons (Fsp3) is 0.354. The molecule has 18 nitrogen and oxygen atoms in total. The summed E-state index contributed by atoms with van der Waals surface area (Å²) < 4.78 is 31.5. The van der Waals surface area contributed by atoms with Gasteiger partial charge in [0.25, 0.3) is 5.91 Å². The van der Waals surface area contributed by atoms with E-state index in [9.17, 15) is 52.2 Å². The number of aromatic hydroxyl groups is 2. The number of hydrogen-bond acceptors (Lipinski definition) is 12. The lowest BCUT2D eigenvalue weighted by Gasteiger charge is -2.32. The highest BCUT2D eigenvalue weighted by Gasteiger charge is 2.36. The zero-order chi connectivity index (χ0) is 51.0. The van der Waals surface area contributed by atoms with Crippen LogP contribution < -0.4 is 38.0 Å². The average molecular weight is 964 g/mol. The number of unbranched alkanes of at least 4 members (excludes halogenated alkanes) is 1. The first-order chi connectivity index (χ1) is 32.7. The van der Waals surface area contributed by atoms with Crippen LogP contribution in [0.4, 0.5) is 13.2 Å². The number of carbonyl (C=O) groups is 7. The summed E-state index contributed by atoms with van der Waals surface area (Å²) in [4.78, 5) is 95.3. The summed E-state index contributed by atoms with van der Waals surface area (Å²) in [6.07, 6.45) is -1.99. The van der Waals surface area contributed by atoms with Gasteiger partial charge in [-0.25, -0.2) is 4.79 Å². The van der Waals surface area contributed by atoms with E-state index >= 15 is 0 Å². The van der Waals surface area contributed by atoms with Crippen molar-refractivity contribution >= 4 is 41.5 Å². The van der Waals surface area contributed by atoms with Crippen molar-refractivity contribution in [1.82, 2.24) is 26.2 Å². The number of aryl methyl sites for hydroxylation is 1. The summed E-state index contributed by atoms with van der Waals surface area (Å²) >= 11 is 0. The second kappa shape index (κ2) is 25.0. The molecule has 11 N–H and O–H groups in total. The van der Waals surface area contributed by atoms with E-state index in [1.54, 1.807) is 12.1 Å². The van der Waals surface area contributed by atoms with Crippen LogP contribution >= 0.6 is 0 Å². The van der Waals surface area contributed by atoms with Gasteiger partial charge in [0.15, 0.2) is 0 Å². The third-order valence-electron chi connectivity index (χ3n) is 11.0. The molecule has 21 heteroatoms. The number of halogens is 3. The fourth-order valence-electron chi connectivity index (χ4n) is 7.36. The van der Waals surface area contributed by atoms with Crippen molar-refractivity contribution in [2.75, 3.05) is 20.1 Å². The maximum atomic E-state index is 14.4. The van der Waals surface area contributed by atoms with Gasteiger partial charge in [-0.05, 0) is 96.8 Å². The Morgan fingerprint density at radius 1 is 0.899 bits per heavy atom. The molecule has 1 aliphatic rings. The number of nitrogens with zero attached hydrogens (tertiary/aromatic N) is 1. The lowest BCUT2D eigenvalue weighted by molar-refractivity contribution is -0.368. The zero-order valence-corrected chi connectivity index (χ0v) is 38.2. The number of hydrogen-bond donors (Lipinski definition) is 8. The van der Waals surface area contributed by atoms with E-state index in [1.165, 1.54) is 55.9 Å². The molecule has 0 aromatic heterocycles. The summed E-state index contributed by atoms with van der Waals surface area (Å²) in [5.74, 6) is -2.35. The highest BCUT2D eigenvalue weighted by molar-refractivity contribution is 5.97. The molecule has 4 aromatic rings. The molecule has 5 amide bonds. The fourth-order valence-corrected chi connectivity index (χ4v) is 7.36. The van der Waals surface area contributed by atoms with Crippen LogP contribution in [0.5, 0.6) is 11.5 Å². The van der Waals surface area contributed by atoms with Gasteiger partial charge in [0.2, 0.25) is 23.6 Å². The van der Waals surface area contributed by atoms with Crippen molar-refractivity contribution in [3.8, 4) is 33.8 Å². The number of fused-ring (bicyclic) bond motifs is 5. The number of quaternary nitrogens is 1. The SMILES string of the molecule is CCCc1ccc(-c2ccc(C(=O)NCCC(=O)NC(CCCC[NH3+])C(=O)N(C)[C@@H]3C(=O)N[C@@H](C)C(=O)N[C@H](C(=O)ON)Cc4ccc(O)c(c4)-c4cc3ccc4O)cc2)cc1.O=C([O-])C(F)(F)F. The molecule has 0 fully saturated rings. The molecular weight excluding hydrogens is 908 g/mol. The van der Waals surface area contributed by atoms with Gasteiger partial charge in [-0.15, -0.1) is 0 Å². The summed E-state index contributed by atoms with van der Waals surface area (Å²) in [5.41, 5.74) is 8.50. The van der Waals surface area contributed by atoms with E-state index in [1.807, 2.05) is 12.1 Å². The number of carboxylic acid groups (broad SMARTS) is 1. The lowest BCUT2D eigenvalue weighted by Crippen LogP contribution is -2.55. The molecule has 4 aromatic carbocycles. The van der Waals surface area contributed by atoms with Crippen LogP contribution in [-0.4, -0.2) is 101 Å². The number of likely N-dealkylation sites (N-methyl/N-ethyl adjacent to an activating group) is 1. The van der Waals surface area contributed by atoms with E-state index in [0.717, 1.165) is 28.9 Å². The molecule has 4 bridgehead atoms. The molecule has 5 rings (SSSR count). The normalized spacial score (nSPS) is 16.2. The van der Waals surface area contributed by atoms with Crippen molar-refractivity contribution in [3.05, 3.63) is 107 Å². The smallest absolute Gasteiger partial charge is 0.430 e. The number of benzene rings is 4. The molecule has 4 atom stereocenters. The number of nitrogens with two attached hydrogens (primary N) is 1. The third-order valence-corrected chi connectivity index (χ3v) is 11.0. The van der Waals surface area contributed by atoms with Gasteiger partial charge in [-0.2, -0.15) is 19.1 Å². The lowest BCUT2D eigenvalue weighted by atomic mass is 9.93. The standard InChI is InChI=1S/C46H55N7O9.C2HF3O2/c1-4-7-28-9-12-30(13-10-28)31-14-16-32(17-15-31)43(58)49-23-21-40(56)51-36(8-5-6-22-47)45(60)53(3)41-33-18-20-39(55)35(26-33)34-24-29(11-19-38(34)54)25-37(46(61)62-48)52-42(57)27(2)50-44(41)59;3-2(4,5)1(6)7/h9-20,24,26-27,36-37,41,54-55H,4-8,21-23,25,47-48H2,1-3H3,(H,49,58)(H,50,59)(H,51,56)(H,52,57);(H,6,7)/t27-,36?,37-,41-;/m0./s1. The Balaban J connectivity index is 0.00000137. The largest absolute Gasteiger partial charge is 0.542 e. The number of amides is 5. The molecule has 370 valence electrons. The minimum absolute atomic E-state index is 0.0138. The van der Waals surface area contributed by atoms with Crippen LogP contribution in [0.15, 0.2) is 84.9 Å². The van der Waals surface area contributed by atoms with Gasteiger partial charge < -0.3 is 56.9 Å².